The first-order valence-corrected chi connectivity index (χ1v) is 8.47. The Bertz CT molecular complexity index is 855. The molecular weight excluding hydrogens is 330 g/mol. The molecule has 2 aromatic heterocycles. The summed E-state index contributed by atoms with van der Waals surface area (Å²) in [5.41, 5.74) is 1.84. The summed E-state index contributed by atoms with van der Waals surface area (Å²) in [7, 11) is 1.28. The van der Waals surface area contributed by atoms with E-state index in [9.17, 15) is 14.4 Å². The lowest BCUT2D eigenvalue weighted by Gasteiger charge is -2.15. The van der Waals surface area contributed by atoms with Crippen molar-refractivity contribution in [2.24, 2.45) is 0 Å². The van der Waals surface area contributed by atoms with Gasteiger partial charge in [0.15, 0.2) is 0 Å². The van der Waals surface area contributed by atoms with Crippen LogP contribution in [0.15, 0.2) is 22.3 Å². The van der Waals surface area contributed by atoms with Crippen LogP contribution >= 0.6 is 11.3 Å². The molecule has 0 saturated carbocycles. The highest BCUT2D eigenvalue weighted by Crippen LogP contribution is 2.25. The summed E-state index contributed by atoms with van der Waals surface area (Å²) in [5, 5.41) is 9.09. The zero-order valence-corrected chi connectivity index (χ0v) is 14.2. The first-order valence-electron chi connectivity index (χ1n) is 7.59. The largest absolute Gasteiger partial charge is 0.465 e. The predicted molar refractivity (Wildman–Crippen MR) is 89.5 cm³/mol. The molecule has 0 radical (unpaired) electrons. The Kier molecular flexibility index (Phi) is 4.48. The van der Waals surface area contributed by atoms with Gasteiger partial charge >= 0.3 is 5.97 Å². The maximum absolute atomic E-state index is 12.5. The summed E-state index contributed by atoms with van der Waals surface area (Å²) in [5.74, 6) is -0.929. The number of rotatable bonds is 4. The third-order valence-corrected chi connectivity index (χ3v) is 4.87. The highest BCUT2D eigenvalue weighted by molar-refractivity contribution is 7.14. The lowest BCUT2D eigenvalue weighted by Crippen LogP contribution is -2.34. The van der Waals surface area contributed by atoms with Crippen LogP contribution in [0.3, 0.4) is 0 Å². The van der Waals surface area contributed by atoms with E-state index in [1.165, 1.54) is 23.1 Å². The van der Waals surface area contributed by atoms with Crippen LogP contribution in [0.4, 0.5) is 5.00 Å². The molecule has 8 heteroatoms. The molecule has 0 spiro atoms. The molecule has 7 nitrogen and oxygen atoms in total. The highest BCUT2D eigenvalue weighted by atomic mass is 32.1. The Morgan fingerprint density at radius 3 is 2.96 bits per heavy atom. The Morgan fingerprint density at radius 1 is 1.42 bits per heavy atom. The molecule has 24 heavy (non-hydrogen) atoms. The fraction of sp³-hybridized carbons (Fsp3) is 0.375. The van der Waals surface area contributed by atoms with Crippen LogP contribution < -0.4 is 10.9 Å². The minimum absolute atomic E-state index is 0.289. The molecule has 1 atom stereocenters. The van der Waals surface area contributed by atoms with Crippen molar-refractivity contribution in [2.75, 3.05) is 12.4 Å². The maximum Gasteiger partial charge on any atom is 0.340 e. The molecule has 0 aliphatic heterocycles. The number of aryl methyl sites for hydroxylation is 2. The van der Waals surface area contributed by atoms with Crippen LogP contribution in [-0.4, -0.2) is 28.8 Å². The van der Waals surface area contributed by atoms with Crippen LogP contribution in [0.25, 0.3) is 0 Å². The highest BCUT2D eigenvalue weighted by Gasteiger charge is 2.23. The van der Waals surface area contributed by atoms with Gasteiger partial charge in [0, 0.05) is 6.07 Å². The maximum atomic E-state index is 12.5. The number of nitrogens with one attached hydrogen (secondary N) is 1. The van der Waals surface area contributed by atoms with Gasteiger partial charge in [-0.3, -0.25) is 9.59 Å². The Hall–Kier alpha value is -2.48. The van der Waals surface area contributed by atoms with Crippen molar-refractivity contribution < 1.29 is 14.3 Å². The third-order valence-electron chi connectivity index (χ3n) is 4.04. The van der Waals surface area contributed by atoms with E-state index in [0.29, 0.717) is 5.00 Å². The lowest BCUT2D eigenvalue weighted by atomic mass is 10.2. The number of hydrogen-bond acceptors (Lipinski definition) is 6. The normalized spacial score (nSPS) is 14.1. The number of hydrogen-bond donors (Lipinski definition) is 1. The van der Waals surface area contributed by atoms with Crippen molar-refractivity contribution in [1.82, 2.24) is 9.78 Å². The summed E-state index contributed by atoms with van der Waals surface area (Å²) in [6.07, 6.45) is 2.65. The van der Waals surface area contributed by atoms with Crippen molar-refractivity contribution >= 4 is 28.2 Å². The van der Waals surface area contributed by atoms with Gasteiger partial charge in [0.2, 0.25) is 5.91 Å². The van der Waals surface area contributed by atoms with Crippen LogP contribution in [0.5, 0.6) is 0 Å². The van der Waals surface area contributed by atoms with Crippen molar-refractivity contribution in [2.45, 2.75) is 32.2 Å². The van der Waals surface area contributed by atoms with E-state index in [-0.39, 0.29) is 11.1 Å². The SMILES string of the molecule is COC(=O)c1ccsc1NC(=O)C(C)n1nc2c(cc1=O)CCC2. The van der Waals surface area contributed by atoms with Gasteiger partial charge in [-0.05, 0) is 43.2 Å². The lowest BCUT2D eigenvalue weighted by molar-refractivity contribution is -0.119. The number of methoxy groups -OCH3 is 1. The quantitative estimate of drug-likeness (QED) is 0.852. The number of thiophene rings is 1. The smallest absolute Gasteiger partial charge is 0.340 e. The second kappa shape index (κ2) is 6.56. The Morgan fingerprint density at radius 2 is 2.21 bits per heavy atom. The van der Waals surface area contributed by atoms with Crippen molar-refractivity contribution in [3.8, 4) is 0 Å². The van der Waals surface area contributed by atoms with E-state index in [0.717, 1.165) is 30.5 Å². The molecule has 2 aromatic rings. The molecule has 0 saturated heterocycles. The van der Waals surface area contributed by atoms with Gasteiger partial charge in [-0.25, -0.2) is 9.48 Å². The second-order valence-electron chi connectivity index (χ2n) is 5.57. The van der Waals surface area contributed by atoms with Crippen molar-refractivity contribution in [3.05, 3.63) is 44.7 Å². The fourth-order valence-corrected chi connectivity index (χ4v) is 3.48. The molecule has 2 heterocycles. The van der Waals surface area contributed by atoms with Gasteiger partial charge < -0.3 is 10.1 Å². The van der Waals surface area contributed by atoms with E-state index in [1.807, 2.05) is 0 Å². The molecule has 3 rings (SSSR count). The number of anilines is 1. The number of ether oxygens (including phenoxy) is 1. The molecule has 0 bridgehead atoms. The zero-order valence-electron chi connectivity index (χ0n) is 13.4. The number of carbonyl (C=O) groups is 2. The average Bonchev–Trinajstić information content (AvgIpc) is 3.21. The average molecular weight is 347 g/mol. The van der Waals surface area contributed by atoms with Gasteiger partial charge in [0.1, 0.15) is 11.0 Å². The number of nitrogens with zero attached hydrogens (tertiary/aromatic N) is 2. The summed E-state index contributed by atoms with van der Waals surface area (Å²) in [4.78, 5) is 36.3. The van der Waals surface area contributed by atoms with Gasteiger partial charge in [0.25, 0.3) is 5.56 Å². The number of aromatic nitrogens is 2. The van der Waals surface area contributed by atoms with Gasteiger partial charge in [-0.1, -0.05) is 0 Å². The number of fused-ring (bicyclic) bond motifs is 1. The van der Waals surface area contributed by atoms with E-state index >= 15 is 0 Å². The number of esters is 1. The monoisotopic (exact) mass is 347 g/mol. The van der Waals surface area contributed by atoms with Gasteiger partial charge in [0.05, 0.1) is 18.4 Å². The summed E-state index contributed by atoms with van der Waals surface area (Å²) < 4.78 is 5.88. The molecule has 0 aromatic carbocycles. The van der Waals surface area contributed by atoms with Gasteiger partial charge in [-0.15, -0.1) is 11.3 Å². The molecule has 1 unspecified atom stereocenters. The van der Waals surface area contributed by atoms with Crippen LogP contribution in [0, 0.1) is 0 Å². The molecule has 0 fully saturated rings. The van der Waals surface area contributed by atoms with Crippen LogP contribution in [0.2, 0.25) is 0 Å². The van der Waals surface area contributed by atoms with E-state index < -0.39 is 17.9 Å². The summed E-state index contributed by atoms with van der Waals surface area (Å²) >= 11 is 1.22. The molecule has 1 aliphatic rings. The molecular formula is C16H17N3O4S. The minimum Gasteiger partial charge on any atom is -0.465 e. The Balaban J connectivity index is 1.82. The topological polar surface area (TPSA) is 90.3 Å². The van der Waals surface area contributed by atoms with Crippen molar-refractivity contribution in [1.29, 1.82) is 0 Å². The molecule has 126 valence electrons. The standard InChI is InChI=1S/C16H17N3O4S/c1-9(19-13(20)8-10-4-3-5-12(10)18-19)14(21)17-15-11(6-7-24-15)16(22)23-2/h6-9H,3-5H2,1-2H3,(H,17,21). The first-order chi connectivity index (χ1) is 11.5. The summed E-state index contributed by atoms with van der Waals surface area (Å²) in [6.45, 7) is 1.61. The van der Waals surface area contributed by atoms with Crippen LogP contribution in [0.1, 0.15) is 41.0 Å². The third kappa shape index (κ3) is 2.96. The number of amides is 1. The minimum atomic E-state index is -0.781. The van der Waals surface area contributed by atoms with Gasteiger partial charge in [-0.2, -0.15) is 5.10 Å². The van der Waals surface area contributed by atoms with E-state index in [2.05, 4.69) is 15.2 Å². The Labute approximate surface area is 142 Å². The van der Waals surface area contributed by atoms with Crippen molar-refractivity contribution in [3.63, 3.8) is 0 Å². The summed E-state index contributed by atoms with van der Waals surface area (Å²) in [6, 6.07) is 2.36. The molecule has 1 amide bonds. The second-order valence-corrected chi connectivity index (χ2v) is 6.49. The first kappa shape index (κ1) is 16.4. The molecule has 1 N–H and O–H groups in total. The van der Waals surface area contributed by atoms with Crippen LogP contribution in [-0.2, 0) is 22.4 Å². The number of carbonyl (C=O) groups excluding carboxylic acids is 2. The van der Waals surface area contributed by atoms with E-state index in [4.69, 9.17) is 0 Å². The zero-order chi connectivity index (χ0) is 17.3. The predicted octanol–water partition coefficient (Wildman–Crippen LogP) is 1.78. The van der Waals surface area contributed by atoms with E-state index in [1.54, 1.807) is 24.4 Å². The molecule has 1 aliphatic carbocycles. The fourth-order valence-electron chi connectivity index (χ4n) is 2.70.